The number of benzene rings is 1. The number of methoxy groups -OCH3 is 1. The summed E-state index contributed by atoms with van der Waals surface area (Å²) in [7, 11) is 4.28. The van der Waals surface area contributed by atoms with Crippen LogP contribution in [0.4, 0.5) is 24.1 Å². The van der Waals surface area contributed by atoms with E-state index in [1.54, 1.807) is 27.9 Å². The van der Waals surface area contributed by atoms with E-state index in [0.717, 1.165) is 17.7 Å². The number of carbonyl (C=O) groups excluding carboxylic acids is 3. The number of hydrogen-bond acceptors (Lipinski definition) is 7. The smallest absolute Gasteiger partial charge is 0.417 e. The Balaban J connectivity index is 1.92. The first-order chi connectivity index (χ1) is 20.7. The lowest BCUT2D eigenvalue weighted by atomic mass is 10.0. The molecule has 236 valence electrons. The number of fused-ring (bicyclic) bond motifs is 1. The summed E-state index contributed by atoms with van der Waals surface area (Å²) >= 11 is 0. The molecule has 0 saturated carbocycles. The van der Waals surface area contributed by atoms with Crippen molar-refractivity contribution in [3.63, 3.8) is 0 Å². The van der Waals surface area contributed by atoms with Crippen LogP contribution >= 0.6 is 0 Å². The van der Waals surface area contributed by atoms with Crippen LogP contribution in [0.3, 0.4) is 0 Å². The maximum absolute atomic E-state index is 14.7. The van der Waals surface area contributed by atoms with Crippen LogP contribution in [-0.2, 0) is 27.3 Å². The quantitative estimate of drug-likeness (QED) is 0.276. The first-order valence-electron chi connectivity index (χ1n) is 13.6. The minimum absolute atomic E-state index is 0.0365. The second kappa shape index (κ2) is 14.4. The highest BCUT2D eigenvalue weighted by Crippen LogP contribution is 2.27. The zero-order valence-electron chi connectivity index (χ0n) is 24.9. The van der Waals surface area contributed by atoms with Crippen molar-refractivity contribution >= 4 is 40.7 Å². The summed E-state index contributed by atoms with van der Waals surface area (Å²) in [4.78, 5) is 67.8. The van der Waals surface area contributed by atoms with E-state index in [9.17, 15) is 37.9 Å². The van der Waals surface area contributed by atoms with Gasteiger partial charge in [0.2, 0.25) is 11.8 Å². The van der Waals surface area contributed by atoms with Gasteiger partial charge in [-0.1, -0.05) is 19.9 Å². The van der Waals surface area contributed by atoms with E-state index in [2.05, 4.69) is 20.4 Å². The average Bonchev–Trinajstić information content (AvgIpc) is 3.31. The normalized spacial score (nSPS) is 12.0. The molecule has 1 unspecified atom stereocenters. The number of rotatable bonds is 11. The van der Waals surface area contributed by atoms with Crippen LogP contribution in [0.2, 0.25) is 0 Å². The molecule has 0 aliphatic carbocycles. The molecule has 0 fully saturated rings. The molecule has 3 amide bonds. The Morgan fingerprint density at radius 2 is 1.91 bits per heavy atom. The van der Waals surface area contributed by atoms with Gasteiger partial charge in [0.25, 0.3) is 5.56 Å². The molecule has 2 heterocycles. The van der Waals surface area contributed by atoms with Crippen molar-refractivity contribution in [2.75, 3.05) is 26.5 Å². The van der Waals surface area contributed by atoms with Crippen molar-refractivity contribution in [1.29, 1.82) is 0 Å². The van der Waals surface area contributed by atoms with Gasteiger partial charge < -0.3 is 29.9 Å². The Bertz CT molecular complexity index is 1660. The minimum atomic E-state index is -1.51. The van der Waals surface area contributed by atoms with E-state index in [1.165, 1.54) is 35.4 Å². The lowest BCUT2D eigenvalue weighted by Crippen LogP contribution is -2.44. The fourth-order valence-corrected chi connectivity index (χ4v) is 4.38. The second-order valence-electron chi connectivity index (χ2n) is 10.5. The van der Waals surface area contributed by atoms with Gasteiger partial charge in [-0.05, 0) is 43.4 Å². The van der Waals surface area contributed by atoms with Gasteiger partial charge >= 0.3 is 12.2 Å². The number of aromatic nitrogens is 3. The summed E-state index contributed by atoms with van der Waals surface area (Å²) < 4.78 is 35.5. The van der Waals surface area contributed by atoms with Gasteiger partial charge in [0.05, 0.1) is 24.7 Å². The molecule has 0 radical (unpaired) electrons. The molecule has 1 aromatic carbocycles. The average molecular weight is 617 g/mol. The monoisotopic (exact) mass is 616 g/mol. The van der Waals surface area contributed by atoms with Gasteiger partial charge in [0.15, 0.2) is 11.6 Å². The van der Waals surface area contributed by atoms with E-state index < -0.39 is 47.9 Å². The number of nitrogens with zero attached hydrogens (tertiary/aromatic N) is 4. The van der Waals surface area contributed by atoms with E-state index in [1.807, 2.05) is 0 Å². The van der Waals surface area contributed by atoms with E-state index >= 15 is 0 Å². The van der Waals surface area contributed by atoms with Crippen LogP contribution in [0.15, 0.2) is 41.3 Å². The van der Waals surface area contributed by atoms with Crippen molar-refractivity contribution in [2.24, 2.45) is 5.92 Å². The van der Waals surface area contributed by atoms with Crippen LogP contribution in [0, 0.1) is 17.6 Å². The number of halogens is 2. The van der Waals surface area contributed by atoms with E-state index in [4.69, 9.17) is 0 Å². The molecule has 15 heteroatoms. The fraction of sp³-hybridized carbons (Fsp3) is 0.379. The van der Waals surface area contributed by atoms with Crippen molar-refractivity contribution < 1.29 is 37.8 Å². The molecule has 13 nitrogen and oxygen atoms in total. The van der Waals surface area contributed by atoms with Gasteiger partial charge in [-0.2, -0.15) is 0 Å². The second-order valence-corrected chi connectivity index (χ2v) is 10.5. The van der Waals surface area contributed by atoms with Crippen molar-refractivity contribution in [3.05, 3.63) is 69.9 Å². The van der Waals surface area contributed by atoms with Crippen LogP contribution in [0.5, 0.6) is 0 Å². The SMILES string of the molecule is COC(=O)NC(CC/C=C/C(=O)N(C)C)C(=O)Nc1cccn(Cc2nc3c(CC(C)C)c(F)c(F)cc3n2C(=O)O)c1=O. The molecule has 0 saturated heterocycles. The molecule has 0 aliphatic rings. The topological polar surface area (TPSA) is 165 Å². The number of carboxylic acid groups (broad SMARTS) is 1. The lowest BCUT2D eigenvalue weighted by Gasteiger charge is -2.17. The molecule has 2 aromatic heterocycles. The number of imidazole rings is 1. The number of likely N-dealkylation sites (N-methyl/N-ethyl adjacent to an activating group) is 1. The summed E-state index contributed by atoms with van der Waals surface area (Å²) in [6.07, 6.45) is 2.18. The molecule has 1 atom stereocenters. The zero-order chi connectivity index (χ0) is 32.7. The molecule has 0 spiro atoms. The van der Waals surface area contributed by atoms with E-state index in [-0.39, 0.29) is 59.2 Å². The summed E-state index contributed by atoms with van der Waals surface area (Å²) in [6.45, 7) is 3.17. The van der Waals surface area contributed by atoms with Crippen LogP contribution in [-0.4, -0.2) is 75.4 Å². The maximum atomic E-state index is 14.7. The third-order valence-electron chi connectivity index (χ3n) is 6.52. The number of amides is 3. The number of alkyl carbamates (subject to hydrolysis) is 1. The molecule has 0 aliphatic heterocycles. The number of pyridine rings is 1. The Morgan fingerprint density at radius 3 is 2.52 bits per heavy atom. The Hall–Kier alpha value is -5.08. The van der Waals surface area contributed by atoms with Gasteiger partial charge in [0.1, 0.15) is 17.6 Å². The number of anilines is 1. The maximum Gasteiger partial charge on any atom is 0.417 e. The van der Waals surface area contributed by atoms with Crippen LogP contribution < -0.4 is 16.2 Å². The third kappa shape index (κ3) is 7.85. The Morgan fingerprint density at radius 1 is 1.20 bits per heavy atom. The molecule has 0 bridgehead atoms. The number of allylic oxidation sites excluding steroid dienone is 1. The van der Waals surface area contributed by atoms with Crippen LogP contribution in [0.1, 0.15) is 38.1 Å². The number of nitrogens with one attached hydrogen (secondary N) is 2. The Labute approximate surface area is 251 Å². The largest absolute Gasteiger partial charge is 0.464 e. The molecular weight excluding hydrogens is 582 g/mol. The van der Waals surface area contributed by atoms with Crippen molar-refractivity contribution in [3.8, 4) is 0 Å². The predicted octanol–water partition coefficient (Wildman–Crippen LogP) is 3.34. The highest BCUT2D eigenvalue weighted by molar-refractivity contribution is 5.96. The molecular formula is C29H34F2N6O7. The molecule has 3 N–H and O–H groups in total. The molecule has 44 heavy (non-hydrogen) atoms. The van der Waals surface area contributed by atoms with Gasteiger partial charge in [-0.25, -0.2) is 27.9 Å². The highest BCUT2D eigenvalue weighted by Gasteiger charge is 2.25. The first-order valence-corrected chi connectivity index (χ1v) is 13.6. The highest BCUT2D eigenvalue weighted by atomic mass is 19.2. The standard InChI is InChI=1S/C29H34F2N6O7/c1-16(2)13-17-24(31)18(30)14-21-25(17)34-22(37(21)29(42)43)15-36-12-8-10-20(27(36)40)32-26(39)19(33-28(41)44-5)9-6-7-11-23(38)35(3)4/h7-8,10-12,14,16,19H,6,9,13,15H2,1-5H3,(H,32,39)(H,33,41)(H,42,43)/b11-7+. The molecule has 3 aromatic rings. The van der Waals surface area contributed by atoms with Crippen molar-refractivity contribution in [1.82, 2.24) is 24.3 Å². The van der Waals surface area contributed by atoms with Gasteiger partial charge in [0, 0.05) is 31.9 Å². The third-order valence-corrected chi connectivity index (χ3v) is 6.52. The summed E-state index contributed by atoms with van der Waals surface area (Å²) in [5, 5.41) is 14.7. The van der Waals surface area contributed by atoms with Gasteiger partial charge in [-0.15, -0.1) is 0 Å². The lowest BCUT2D eigenvalue weighted by molar-refractivity contribution is -0.123. The number of ether oxygens (including phenoxy) is 1. The van der Waals surface area contributed by atoms with Gasteiger partial charge in [-0.3, -0.25) is 14.4 Å². The first kappa shape index (κ1) is 33.4. The number of carbonyl (C=O) groups is 4. The van der Waals surface area contributed by atoms with E-state index in [0.29, 0.717) is 4.57 Å². The Kier molecular flexibility index (Phi) is 10.9. The summed E-state index contributed by atoms with van der Waals surface area (Å²) in [5.74, 6) is -3.63. The number of hydrogen-bond donors (Lipinski definition) is 3. The summed E-state index contributed by atoms with van der Waals surface area (Å²) in [6, 6.07) is 2.34. The minimum Gasteiger partial charge on any atom is -0.464 e. The van der Waals surface area contributed by atoms with Crippen LogP contribution in [0.25, 0.3) is 11.0 Å². The zero-order valence-corrected chi connectivity index (χ0v) is 24.9. The van der Waals surface area contributed by atoms with Crippen molar-refractivity contribution in [2.45, 2.75) is 45.7 Å². The predicted molar refractivity (Wildman–Crippen MR) is 156 cm³/mol. The fourth-order valence-electron chi connectivity index (χ4n) is 4.38. The molecule has 3 rings (SSSR count). The summed E-state index contributed by atoms with van der Waals surface area (Å²) in [5.41, 5.74) is -1.21.